The SMILES string of the molecule is CC(C)(CN=C(N)N1CCN(c2ccc(Cl)cc2)CC1)c1ccccn1. The molecule has 1 fully saturated rings. The van der Waals surface area contributed by atoms with Crippen LogP contribution in [-0.4, -0.2) is 48.6 Å². The van der Waals surface area contributed by atoms with Gasteiger partial charge in [0.1, 0.15) is 0 Å². The molecule has 0 aliphatic carbocycles. The molecule has 0 radical (unpaired) electrons. The Morgan fingerprint density at radius 1 is 1.12 bits per heavy atom. The topological polar surface area (TPSA) is 57.8 Å². The average molecular weight is 372 g/mol. The summed E-state index contributed by atoms with van der Waals surface area (Å²) in [6, 6.07) is 14.0. The van der Waals surface area contributed by atoms with E-state index in [-0.39, 0.29) is 5.41 Å². The van der Waals surface area contributed by atoms with Gasteiger partial charge in [0.25, 0.3) is 0 Å². The van der Waals surface area contributed by atoms with E-state index < -0.39 is 0 Å². The third kappa shape index (κ3) is 4.47. The van der Waals surface area contributed by atoms with Crippen LogP contribution in [0.3, 0.4) is 0 Å². The number of guanidine groups is 1. The fourth-order valence-electron chi connectivity index (χ4n) is 3.07. The summed E-state index contributed by atoms with van der Waals surface area (Å²) >= 11 is 5.97. The minimum absolute atomic E-state index is 0.142. The molecular formula is C20H26ClN5. The molecule has 0 saturated carbocycles. The highest BCUT2D eigenvalue weighted by Crippen LogP contribution is 2.22. The molecule has 1 aliphatic heterocycles. The summed E-state index contributed by atoms with van der Waals surface area (Å²) in [4.78, 5) is 13.6. The van der Waals surface area contributed by atoms with Gasteiger partial charge in [-0.15, -0.1) is 0 Å². The Kier molecular flexibility index (Phi) is 5.67. The maximum atomic E-state index is 6.26. The fourth-order valence-corrected chi connectivity index (χ4v) is 3.19. The molecule has 138 valence electrons. The summed E-state index contributed by atoms with van der Waals surface area (Å²) in [5, 5.41) is 0.763. The van der Waals surface area contributed by atoms with Crippen LogP contribution in [0.15, 0.2) is 53.7 Å². The van der Waals surface area contributed by atoms with Crippen molar-refractivity contribution in [1.29, 1.82) is 0 Å². The Balaban J connectivity index is 1.57. The lowest BCUT2D eigenvalue weighted by atomic mass is 9.89. The van der Waals surface area contributed by atoms with Gasteiger partial charge in [0.05, 0.1) is 6.54 Å². The van der Waals surface area contributed by atoms with E-state index in [1.807, 2.05) is 36.5 Å². The summed E-state index contributed by atoms with van der Waals surface area (Å²) in [6.07, 6.45) is 1.82. The molecule has 5 nitrogen and oxygen atoms in total. The van der Waals surface area contributed by atoms with Crippen molar-refractivity contribution in [2.75, 3.05) is 37.6 Å². The predicted octanol–water partition coefficient (Wildman–Crippen LogP) is 3.15. The molecule has 6 heteroatoms. The molecular weight excluding hydrogens is 346 g/mol. The number of anilines is 1. The number of hydrogen-bond acceptors (Lipinski definition) is 3. The second kappa shape index (κ2) is 7.96. The number of rotatable bonds is 4. The number of aromatic nitrogens is 1. The van der Waals surface area contributed by atoms with Gasteiger partial charge in [0.2, 0.25) is 0 Å². The lowest BCUT2D eigenvalue weighted by Gasteiger charge is -2.37. The molecule has 26 heavy (non-hydrogen) atoms. The number of pyridine rings is 1. The third-order valence-electron chi connectivity index (χ3n) is 4.79. The van der Waals surface area contributed by atoms with E-state index >= 15 is 0 Å². The molecule has 0 spiro atoms. The standard InChI is InChI=1S/C20H26ClN5/c1-20(2,18-5-3-4-10-23-18)15-24-19(22)26-13-11-25(12-14-26)17-8-6-16(21)7-9-17/h3-10H,11-15H2,1-2H3,(H2,22,24). The number of hydrogen-bond donors (Lipinski definition) is 1. The summed E-state index contributed by atoms with van der Waals surface area (Å²) in [5.41, 5.74) is 8.34. The molecule has 0 bridgehead atoms. The quantitative estimate of drug-likeness (QED) is 0.662. The Hall–Kier alpha value is -2.27. The van der Waals surface area contributed by atoms with Gasteiger partial charge < -0.3 is 15.5 Å². The number of halogens is 1. The molecule has 2 heterocycles. The second-order valence-electron chi connectivity index (χ2n) is 7.22. The van der Waals surface area contributed by atoms with Crippen LogP contribution in [-0.2, 0) is 5.41 Å². The van der Waals surface area contributed by atoms with Crippen molar-refractivity contribution in [2.45, 2.75) is 19.3 Å². The van der Waals surface area contributed by atoms with Crippen molar-refractivity contribution < 1.29 is 0 Å². The highest BCUT2D eigenvalue weighted by Gasteiger charge is 2.23. The molecule has 1 aromatic carbocycles. The number of nitrogens with zero attached hydrogens (tertiary/aromatic N) is 4. The lowest BCUT2D eigenvalue weighted by Crippen LogP contribution is -2.51. The van der Waals surface area contributed by atoms with E-state index in [1.54, 1.807) is 0 Å². The number of aliphatic imine (C=N–C) groups is 1. The zero-order chi connectivity index (χ0) is 18.6. The van der Waals surface area contributed by atoms with E-state index in [0.29, 0.717) is 12.5 Å². The first kappa shape index (κ1) is 18.5. The first-order valence-corrected chi connectivity index (χ1v) is 9.30. The second-order valence-corrected chi connectivity index (χ2v) is 7.66. The van der Waals surface area contributed by atoms with Gasteiger partial charge >= 0.3 is 0 Å². The molecule has 1 aliphatic rings. The van der Waals surface area contributed by atoms with Crippen LogP contribution in [0.2, 0.25) is 5.02 Å². The maximum absolute atomic E-state index is 6.26. The van der Waals surface area contributed by atoms with Gasteiger partial charge in [-0.3, -0.25) is 9.98 Å². The van der Waals surface area contributed by atoms with E-state index in [0.717, 1.165) is 36.9 Å². The Labute approximate surface area is 160 Å². The van der Waals surface area contributed by atoms with E-state index in [1.165, 1.54) is 5.69 Å². The van der Waals surface area contributed by atoms with Gasteiger partial charge in [-0.2, -0.15) is 0 Å². The van der Waals surface area contributed by atoms with Crippen LogP contribution in [0.1, 0.15) is 19.5 Å². The van der Waals surface area contributed by atoms with Gasteiger partial charge in [-0.05, 0) is 36.4 Å². The van der Waals surface area contributed by atoms with Crippen molar-refractivity contribution in [3.63, 3.8) is 0 Å². The number of nitrogens with two attached hydrogens (primary N) is 1. The van der Waals surface area contributed by atoms with Crippen molar-refractivity contribution in [1.82, 2.24) is 9.88 Å². The van der Waals surface area contributed by atoms with E-state index in [9.17, 15) is 0 Å². The van der Waals surface area contributed by atoms with Crippen LogP contribution in [0.25, 0.3) is 0 Å². The van der Waals surface area contributed by atoms with Crippen LogP contribution >= 0.6 is 11.6 Å². The largest absolute Gasteiger partial charge is 0.370 e. The van der Waals surface area contributed by atoms with Crippen LogP contribution in [0, 0.1) is 0 Å². The monoisotopic (exact) mass is 371 g/mol. The predicted molar refractivity (Wildman–Crippen MR) is 109 cm³/mol. The van der Waals surface area contributed by atoms with Crippen LogP contribution in [0.5, 0.6) is 0 Å². The lowest BCUT2D eigenvalue weighted by molar-refractivity contribution is 0.378. The maximum Gasteiger partial charge on any atom is 0.191 e. The normalized spacial score (nSPS) is 16.0. The third-order valence-corrected chi connectivity index (χ3v) is 5.04. The minimum atomic E-state index is -0.142. The number of piperazine rings is 1. The summed E-state index contributed by atoms with van der Waals surface area (Å²) in [5.74, 6) is 0.616. The van der Waals surface area contributed by atoms with Gasteiger partial charge in [0.15, 0.2) is 5.96 Å². The highest BCUT2D eigenvalue weighted by molar-refractivity contribution is 6.30. The average Bonchev–Trinajstić information content (AvgIpc) is 2.68. The fraction of sp³-hybridized carbons (Fsp3) is 0.400. The highest BCUT2D eigenvalue weighted by atomic mass is 35.5. The molecule has 0 atom stereocenters. The zero-order valence-corrected chi connectivity index (χ0v) is 16.2. The van der Waals surface area contributed by atoms with Crippen LogP contribution in [0.4, 0.5) is 5.69 Å². The molecule has 2 N–H and O–H groups in total. The Morgan fingerprint density at radius 3 is 2.42 bits per heavy atom. The van der Waals surface area contributed by atoms with Crippen molar-refractivity contribution >= 4 is 23.2 Å². The number of benzene rings is 1. The van der Waals surface area contributed by atoms with Gasteiger partial charge in [-0.25, -0.2) is 0 Å². The van der Waals surface area contributed by atoms with Gasteiger partial charge in [-0.1, -0.05) is 31.5 Å². The summed E-state index contributed by atoms with van der Waals surface area (Å²) in [6.45, 7) is 8.47. The Bertz CT molecular complexity index is 735. The Morgan fingerprint density at radius 2 is 1.81 bits per heavy atom. The first-order valence-electron chi connectivity index (χ1n) is 8.93. The van der Waals surface area contributed by atoms with E-state index in [4.69, 9.17) is 17.3 Å². The van der Waals surface area contributed by atoms with E-state index in [2.05, 4.69) is 45.8 Å². The zero-order valence-electron chi connectivity index (χ0n) is 15.4. The minimum Gasteiger partial charge on any atom is -0.370 e. The van der Waals surface area contributed by atoms with Crippen molar-refractivity contribution in [3.05, 3.63) is 59.4 Å². The molecule has 1 saturated heterocycles. The van der Waals surface area contributed by atoms with Crippen molar-refractivity contribution in [2.24, 2.45) is 10.7 Å². The molecule has 3 rings (SSSR count). The molecule has 1 aromatic heterocycles. The summed E-state index contributed by atoms with van der Waals surface area (Å²) in [7, 11) is 0. The first-order chi connectivity index (χ1) is 12.5. The van der Waals surface area contributed by atoms with Gasteiger partial charge in [0, 0.05) is 54.2 Å². The van der Waals surface area contributed by atoms with Crippen LogP contribution < -0.4 is 10.6 Å². The smallest absolute Gasteiger partial charge is 0.191 e. The molecule has 2 aromatic rings. The summed E-state index contributed by atoms with van der Waals surface area (Å²) < 4.78 is 0. The molecule has 0 amide bonds. The molecule has 0 unspecified atom stereocenters. The van der Waals surface area contributed by atoms with Crippen molar-refractivity contribution in [3.8, 4) is 0 Å².